The average molecular weight is 295 g/mol. The maximum absolute atomic E-state index is 10.4. The zero-order valence-electron chi connectivity index (χ0n) is 14.7. The third kappa shape index (κ3) is 5.29. The molecule has 1 atom stereocenters. The van der Waals surface area contributed by atoms with Gasteiger partial charge in [-0.2, -0.15) is 0 Å². The van der Waals surface area contributed by atoms with Crippen molar-refractivity contribution in [2.45, 2.75) is 90.0 Å². The van der Waals surface area contributed by atoms with E-state index in [2.05, 4.69) is 38.5 Å². The number of terminal acetylenes is 1. The number of aliphatic hydroxyl groups is 1. The highest BCUT2D eigenvalue weighted by Crippen LogP contribution is 2.38. The number of piperidine rings is 1. The Kier molecular flexibility index (Phi) is 5.89. The zero-order valence-corrected chi connectivity index (χ0v) is 14.7. The maximum Gasteiger partial charge on any atom is 0.0900 e. The highest BCUT2D eigenvalue weighted by molar-refractivity contribution is 4.98. The molecule has 1 heterocycles. The van der Waals surface area contributed by atoms with Crippen molar-refractivity contribution in [3.8, 4) is 12.3 Å². The van der Waals surface area contributed by atoms with Crippen LogP contribution in [-0.2, 0) is 4.74 Å². The van der Waals surface area contributed by atoms with Gasteiger partial charge in [-0.1, -0.05) is 0 Å². The van der Waals surface area contributed by atoms with E-state index in [1.165, 1.54) is 19.3 Å². The Hall–Kier alpha value is -0.560. The predicted molar refractivity (Wildman–Crippen MR) is 88.2 cm³/mol. The van der Waals surface area contributed by atoms with E-state index in [9.17, 15) is 5.11 Å². The Morgan fingerprint density at radius 2 is 1.76 bits per heavy atom. The van der Waals surface area contributed by atoms with Crippen LogP contribution >= 0.6 is 0 Å². The van der Waals surface area contributed by atoms with Gasteiger partial charge in [-0.25, -0.2) is 0 Å². The number of hydrogen-bond donors (Lipinski definition) is 1. The van der Waals surface area contributed by atoms with E-state index in [0.29, 0.717) is 19.6 Å². The number of likely N-dealkylation sites (tertiary alicyclic amines) is 1. The standard InChI is InChI=1S/C18H33NO2/c1-8-10-18(6,7)21-14-15(20)13-19-16(2,3)11-9-12-17(19,4)5/h1,15,20H,9-14H2,2-7H3/t15-/m0/s1. The third-order valence-corrected chi connectivity index (χ3v) is 4.63. The largest absolute Gasteiger partial charge is 0.389 e. The molecule has 0 aromatic carbocycles. The average Bonchev–Trinajstić information content (AvgIpc) is 2.31. The van der Waals surface area contributed by atoms with E-state index in [-0.39, 0.29) is 16.7 Å². The number of nitrogens with zero attached hydrogens (tertiary/aromatic N) is 1. The van der Waals surface area contributed by atoms with Crippen LogP contribution in [0.1, 0.15) is 67.2 Å². The molecule has 0 aromatic heterocycles. The molecule has 1 saturated heterocycles. The van der Waals surface area contributed by atoms with Crippen LogP contribution in [-0.4, -0.2) is 45.9 Å². The van der Waals surface area contributed by atoms with E-state index in [4.69, 9.17) is 11.2 Å². The van der Waals surface area contributed by atoms with Gasteiger partial charge in [0.1, 0.15) is 0 Å². The van der Waals surface area contributed by atoms with Gasteiger partial charge in [0.25, 0.3) is 0 Å². The van der Waals surface area contributed by atoms with Crippen molar-refractivity contribution in [3.63, 3.8) is 0 Å². The van der Waals surface area contributed by atoms with Gasteiger partial charge in [0.2, 0.25) is 0 Å². The fraction of sp³-hybridized carbons (Fsp3) is 0.889. The van der Waals surface area contributed by atoms with Crippen LogP contribution in [0.4, 0.5) is 0 Å². The van der Waals surface area contributed by atoms with Crippen molar-refractivity contribution < 1.29 is 9.84 Å². The highest BCUT2D eigenvalue weighted by atomic mass is 16.5. The molecule has 3 heteroatoms. The first kappa shape index (κ1) is 18.5. The number of aliphatic hydroxyl groups excluding tert-OH is 1. The van der Waals surface area contributed by atoms with Gasteiger partial charge < -0.3 is 9.84 Å². The van der Waals surface area contributed by atoms with Crippen molar-refractivity contribution in [1.82, 2.24) is 4.90 Å². The first-order chi connectivity index (χ1) is 9.50. The monoisotopic (exact) mass is 295 g/mol. The highest BCUT2D eigenvalue weighted by Gasteiger charge is 2.41. The first-order valence-corrected chi connectivity index (χ1v) is 8.03. The van der Waals surface area contributed by atoms with Gasteiger partial charge in [-0.05, 0) is 60.8 Å². The summed E-state index contributed by atoms with van der Waals surface area (Å²) in [5.41, 5.74) is -0.128. The Morgan fingerprint density at radius 1 is 1.24 bits per heavy atom. The van der Waals surface area contributed by atoms with Crippen LogP contribution < -0.4 is 0 Å². The van der Waals surface area contributed by atoms with E-state index in [1.54, 1.807) is 0 Å². The summed E-state index contributed by atoms with van der Waals surface area (Å²) in [7, 11) is 0. The molecule has 3 nitrogen and oxygen atoms in total. The van der Waals surface area contributed by atoms with Gasteiger partial charge in [-0.3, -0.25) is 4.90 Å². The first-order valence-electron chi connectivity index (χ1n) is 8.03. The SMILES string of the molecule is C#CCC(C)(C)OC[C@@H](O)CN1C(C)(C)CCCC1(C)C. The van der Waals surface area contributed by atoms with Crippen LogP contribution in [0.25, 0.3) is 0 Å². The van der Waals surface area contributed by atoms with Crippen molar-refractivity contribution in [3.05, 3.63) is 0 Å². The Labute approximate surface area is 131 Å². The van der Waals surface area contributed by atoms with Gasteiger partial charge >= 0.3 is 0 Å². The topological polar surface area (TPSA) is 32.7 Å². The summed E-state index contributed by atoms with van der Waals surface area (Å²) >= 11 is 0. The second kappa shape index (κ2) is 6.69. The molecule has 0 amide bonds. The summed E-state index contributed by atoms with van der Waals surface area (Å²) in [5, 5.41) is 10.4. The molecule has 0 radical (unpaired) electrons. The minimum Gasteiger partial charge on any atom is -0.389 e. The molecule has 1 aliphatic rings. The van der Waals surface area contributed by atoms with Gasteiger partial charge in [0.05, 0.1) is 18.3 Å². The molecule has 1 aliphatic heterocycles. The van der Waals surface area contributed by atoms with E-state index >= 15 is 0 Å². The van der Waals surface area contributed by atoms with Gasteiger partial charge in [0.15, 0.2) is 0 Å². The van der Waals surface area contributed by atoms with Crippen molar-refractivity contribution in [2.24, 2.45) is 0 Å². The summed E-state index contributed by atoms with van der Waals surface area (Å²) in [6, 6.07) is 0. The third-order valence-electron chi connectivity index (χ3n) is 4.63. The van der Waals surface area contributed by atoms with Crippen LogP contribution in [0, 0.1) is 12.3 Å². The van der Waals surface area contributed by atoms with Gasteiger partial charge in [-0.15, -0.1) is 12.3 Å². The number of rotatable bonds is 6. The Morgan fingerprint density at radius 3 is 2.24 bits per heavy atom. The van der Waals surface area contributed by atoms with Crippen molar-refractivity contribution in [1.29, 1.82) is 0 Å². The number of β-amino-alcohol motifs (C(OH)–C–C–N with tert-alkyl or cyclic N) is 1. The molecule has 0 unspecified atom stereocenters. The second-order valence-corrected chi connectivity index (χ2v) is 8.19. The predicted octanol–water partition coefficient (Wildman–Crippen LogP) is 3.21. The zero-order chi connectivity index (χ0) is 16.3. The molecule has 0 aliphatic carbocycles. The van der Waals surface area contributed by atoms with E-state index in [0.717, 1.165) is 0 Å². The fourth-order valence-electron chi connectivity index (χ4n) is 3.42. The van der Waals surface area contributed by atoms with Crippen LogP contribution in [0.15, 0.2) is 0 Å². The Bertz CT molecular complexity index is 363. The maximum atomic E-state index is 10.4. The molecule has 1 N–H and O–H groups in total. The molecule has 0 aromatic rings. The number of ether oxygens (including phenoxy) is 1. The van der Waals surface area contributed by atoms with E-state index < -0.39 is 6.10 Å². The van der Waals surface area contributed by atoms with Crippen LogP contribution in [0.5, 0.6) is 0 Å². The molecule has 1 fully saturated rings. The minimum atomic E-state index is -0.487. The smallest absolute Gasteiger partial charge is 0.0900 e. The molecular formula is C18H33NO2. The van der Waals surface area contributed by atoms with Crippen LogP contribution in [0.2, 0.25) is 0 Å². The van der Waals surface area contributed by atoms with E-state index in [1.807, 2.05) is 13.8 Å². The summed E-state index contributed by atoms with van der Waals surface area (Å²) < 4.78 is 5.79. The molecule has 0 spiro atoms. The van der Waals surface area contributed by atoms with Gasteiger partial charge in [0, 0.05) is 24.0 Å². The Balaban J connectivity index is 2.60. The molecule has 0 saturated carbocycles. The lowest BCUT2D eigenvalue weighted by Gasteiger charge is -2.53. The normalized spacial score (nSPS) is 23.5. The fourth-order valence-corrected chi connectivity index (χ4v) is 3.42. The lowest BCUT2D eigenvalue weighted by molar-refractivity contribution is -0.0950. The molecule has 122 valence electrons. The lowest BCUT2D eigenvalue weighted by Crippen LogP contribution is -2.60. The summed E-state index contributed by atoms with van der Waals surface area (Å²) in [5.74, 6) is 2.62. The summed E-state index contributed by atoms with van der Waals surface area (Å²) in [6.45, 7) is 14.0. The molecular weight excluding hydrogens is 262 g/mol. The number of hydrogen-bond acceptors (Lipinski definition) is 3. The quantitative estimate of drug-likeness (QED) is 0.764. The van der Waals surface area contributed by atoms with Crippen molar-refractivity contribution >= 4 is 0 Å². The second-order valence-electron chi connectivity index (χ2n) is 8.19. The summed E-state index contributed by atoms with van der Waals surface area (Å²) in [6.07, 6.45) is 9.00. The molecule has 1 rings (SSSR count). The van der Waals surface area contributed by atoms with Crippen LogP contribution in [0.3, 0.4) is 0 Å². The minimum absolute atomic E-state index is 0.122. The lowest BCUT2D eigenvalue weighted by atomic mass is 9.79. The molecule has 0 bridgehead atoms. The summed E-state index contributed by atoms with van der Waals surface area (Å²) in [4.78, 5) is 2.44. The molecule has 21 heavy (non-hydrogen) atoms. The van der Waals surface area contributed by atoms with Crippen molar-refractivity contribution in [2.75, 3.05) is 13.2 Å².